The molecule has 0 saturated carbocycles. The summed E-state index contributed by atoms with van der Waals surface area (Å²) in [5.41, 5.74) is -0.796. The van der Waals surface area contributed by atoms with Crippen LogP contribution in [-0.4, -0.2) is 71.2 Å². The maximum absolute atomic E-state index is 14.4. The molecule has 0 atom stereocenters. The molecule has 184 valence electrons. The zero-order chi connectivity index (χ0) is 25.1. The highest BCUT2D eigenvalue weighted by Gasteiger charge is 2.28. The van der Waals surface area contributed by atoms with Crippen LogP contribution in [0.1, 0.15) is 22.8 Å². The molecule has 1 fully saturated rings. The summed E-state index contributed by atoms with van der Waals surface area (Å²) in [5.74, 6) is -1.90. The number of benzene rings is 1. The van der Waals surface area contributed by atoms with E-state index in [1.165, 1.54) is 39.8 Å². The minimum atomic E-state index is -0.749. The molecule has 9 nitrogen and oxygen atoms in total. The maximum Gasteiger partial charge on any atom is 0.409 e. The van der Waals surface area contributed by atoms with Crippen LogP contribution < -0.4 is 10.2 Å². The molecule has 1 aromatic carbocycles. The number of hydrogen-bond acceptors (Lipinski definition) is 6. The van der Waals surface area contributed by atoms with Crippen LogP contribution in [0, 0.1) is 11.6 Å². The van der Waals surface area contributed by atoms with E-state index in [0.29, 0.717) is 5.52 Å². The lowest BCUT2D eigenvalue weighted by Crippen LogP contribution is -2.51. The van der Waals surface area contributed by atoms with Gasteiger partial charge in [0, 0.05) is 44.0 Å². The van der Waals surface area contributed by atoms with Gasteiger partial charge in [0.25, 0.3) is 5.91 Å². The Labute approximate surface area is 199 Å². The van der Waals surface area contributed by atoms with Crippen LogP contribution in [0.15, 0.2) is 41.3 Å². The lowest BCUT2D eigenvalue weighted by molar-refractivity contribution is 0.0569. The number of piperazine rings is 1. The zero-order valence-electron chi connectivity index (χ0n) is 19.3. The normalized spacial score (nSPS) is 13.7. The summed E-state index contributed by atoms with van der Waals surface area (Å²) in [4.78, 5) is 45.7. The number of methoxy groups -OCH3 is 1. The molecule has 0 radical (unpaired) electrons. The number of ether oxygens (including phenoxy) is 2. The van der Waals surface area contributed by atoms with Crippen molar-refractivity contribution in [3.05, 3.63) is 69.5 Å². The third kappa shape index (κ3) is 4.79. The Bertz CT molecular complexity index is 1320. The fourth-order valence-electron chi connectivity index (χ4n) is 3.97. The van der Waals surface area contributed by atoms with Gasteiger partial charge in [-0.2, -0.15) is 0 Å². The number of rotatable bonds is 5. The monoisotopic (exact) mass is 486 g/mol. The predicted molar refractivity (Wildman–Crippen MR) is 123 cm³/mol. The molecular weight excluding hydrogens is 462 g/mol. The van der Waals surface area contributed by atoms with Crippen molar-refractivity contribution in [2.45, 2.75) is 13.5 Å². The fraction of sp³-hybridized carbons (Fsp3) is 0.333. The van der Waals surface area contributed by atoms with E-state index < -0.39 is 29.1 Å². The van der Waals surface area contributed by atoms with E-state index in [1.54, 1.807) is 13.0 Å². The fourth-order valence-corrected chi connectivity index (χ4v) is 3.97. The average molecular weight is 486 g/mol. The van der Waals surface area contributed by atoms with E-state index >= 15 is 0 Å². The van der Waals surface area contributed by atoms with Gasteiger partial charge in [-0.15, -0.1) is 0 Å². The Morgan fingerprint density at radius 3 is 2.31 bits per heavy atom. The van der Waals surface area contributed by atoms with Gasteiger partial charge in [-0.05, 0) is 25.1 Å². The predicted octanol–water partition coefficient (Wildman–Crippen LogP) is 2.65. The standard InChI is InChI=1S/C24H24F2N4O5/c1-3-35-24(33)29-11-9-28(10-12-29)23(32)16-14-30(13-15-17(25)5-4-6-18(15)26)19-7-8-20(34-2)27-21(19)22(16)31/h4-8,14H,3,9-13H2,1-2H3. The molecule has 35 heavy (non-hydrogen) atoms. The number of aromatic nitrogens is 2. The number of carbonyl (C=O) groups is 2. The topological polar surface area (TPSA) is 94.0 Å². The molecule has 0 spiro atoms. The lowest BCUT2D eigenvalue weighted by Gasteiger charge is -2.34. The van der Waals surface area contributed by atoms with Crippen LogP contribution in [0.5, 0.6) is 5.88 Å². The summed E-state index contributed by atoms with van der Waals surface area (Å²) in [6, 6.07) is 6.60. The van der Waals surface area contributed by atoms with Gasteiger partial charge in [-0.25, -0.2) is 18.6 Å². The van der Waals surface area contributed by atoms with Gasteiger partial charge >= 0.3 is 6.09 Å². The van der Waals surface area contributed by atoms with Crippen molar-refractivity contribution in [1.29, 1.82) is 0 Å². The van der Waals surface area contributed by atoms with Crippen LogP contribution >= 0.6 is 0 Å². The van der Waals surface area contributed by atoms with Gasteiger partial charge in [0.05, 0.1) is 25.8 Å². The second kappa shape index (κ2) is 10.1. The molecule has 2 amide bonds. The molecule has 1 aliphatic rings. The Morgan fingerprint density at radius 2 is 1.69 bits per heavy atom. The third-order valence-electron chi connectivity index (χ3n) is 5.83. The van der Waals surface area contributed by atoms with E-state index in [2.05, 4.69) is 4.98 Å². The van der Waals surface area contributed by atoms with Crippen LogP contribution in [-0.2, 0) is 11.3 Å². The van der Waals surface area contributed by atoms with Crippen molar-refractivity contribution in [2.75, 3.05) is 39.9 Å². The van der Waals surface area contributed by atoms with Crippen LogP contribution in [0.2, 0.25) is 0 Å². The second-order valence-corrected chi connectivity index (χ2v) is 7.90. The minimum Gasteiger partial charge on any atom is -0.481 e. The first kappa shape index (κ1) is 24.1. The Morgan fingerprint density at radius 1 is 1.03 bits per heavy atom. The summed E-state index contributed by atoms with van der Waals surface area (Å²) in [6.07, 6.45) is 0.834. The van der Waals surface area contributed by atoms with E-state index in [1.807, 2.05) is 0 Å². The van der Waals surface area contributed by atoms with Gasteiger partial charge in [0.15, 0.2) is 0 Å². The molecule has 2 aromatic heterocycles. The zero-order valence-corrected chi connectivity index (χ0v) is 19.3. The molecule has 0 bridgehead atoms. The highest BCUT2D eigenvalue weighted by molar-refractivity contribution is 5.97. The highest BCUT2D eigenvalue weighted by atomic mass is 19.1. The molecule has 11 heteroatoms. The smallest absolute Gasteiger partial charge is 0.409 e. The SMILES string of the molecule is CCOC(=O)N1CCN(C(=O)c2cn(Cc3c(F)cccc3F)c3ccc(OC)nc3c2=O)CC1. The molecule has 0 N–H and O–H groups in total. The number of pyridine rings is 2. The van der Waals surface area contributed by atoms with Gasteiger partial charge in [-0.1, -0.05) is 6.07 Å². The van der Waals surface area contributed by atoms with E-state index in [9.17, 15) is 23.2 Å². The first-order valence-corrected chi connectivity index (χ1v) is 11.1. The summed E-state index contributed by atoms with van der Waals surface area (Å²) in [6.45, 7) is 2.58. The van der Waals surface area contributed by atoms with Crippen molar-refractivity contribution in [2.24, 2.45) is 0 Å². The third-order valence-corrected chi connectivity index (χ3v) is 5.83. The molecule has 4 rings (SSSR count). The molecule has 3 aromatic rings. The van der Waals surface area contributed by atoms with Crippen LogP contribution in [0.3, 0.4) is 0 Å². The number of halogens is 2. The van der Waals surface area contributed by atoms with Crippen molar-refractivity contribution in [1.82, 2.24) is 19.4 Å². The summed E-state index contributed by atoms with van der Waals surface area (Å²) in [7, 11) is 1.39. The Hall–Kier alpha value is -4.02. The minimum absolute atomic E-state index is 0.0582. The van der Waals surface area contributed by atoms with Gasteiger partial charge in [-0.3, -0.25) is 9.59 Å². The first-order valence-electron chi connectivity index (χ1n) is 11.1. The second-order valence-electron chi connectivity index (χ2n) is 7.90. The molecular formula is C24H24F2N4O5. The number of nitrogens with zero attached hydrogens (tertiary/aromatic N) is 4. The van der Waals surface area contributed by atoms with Crippen LogP contribution in [0.25, 0.3) is 11.0 Å². The Kier molecular flexibility index (Phi) is 6.94. The van der Waals surface area contributed by atoms with Crippen molar-refractivity contribution in [3.63, 3.8) is 0 Å². The highest BCUT2D eigenvalue weighted by Crippen LogP contribution is 2.20. The summed E-state index contributed by atoms with van der Waals surface area (Å²) >= 11 is 0. The van der Waals surface area contributed by atoms with Crippen molar-refractivity contribution < 1.29 is 27.8 Å². The number of carbonyl (C=O) groups excluding carboxylic acids is 2. The molecule has 0 aliphatic carbocycles. The first-order chi connectivity index (χ1) is 16.8. The van der Waals surface area contributed by atoms with Crippen LogP contribution in [0.4, 0.5) is 13.6 Å². The van der Waals surface area contributed by atoms with E-state index in [0.717, 1.165) is 12.1 Å². The van der Waals surface area contributed by atoms with Crippen molar-refractivity contribution >= 4 is 23.0 Å². The summed E-state index contributed by atoms with van der Waals surface area (Å²) in [5, 5.41) is 0. The number of fused-ring (bicyclic) bond motifs is 1. The van der Waals surface area contributed by atoms with Gasteiger partial charge in [0.1, 0.15) is 22.7 Å². The molecule has 1 saturated heterocycles. The maximum atomic E-state index is 14.4. The van der Waals surface area contributed by atoms with E-state index in [4.69, 9.17) is 9.47 Å². The summed E-state index contributed by atoms with van der Waals surface area (Å²) < 4.78 is 40.3. The Balaban J connectivity index is 1.72. The van der Waals surface area contributed by atoms with Gasteiger partial charge in [0.2, 0.25) is 11.3 Å². The lowest BCUT2D eigenvalue weighted by atomic mass is 10.1. The largest absolute Gasteiger partial charge is 0.481 e. The molecule has 1 aliphatic heterocycles. The number of hydrogen-bond donors (Lipinski definition) is 0. The average Bonchev–Trinajstić information content (AvgIpc) is 2.87. The molecule has 0 unspecified atom stereocenters. The molecule has 3 heterocycles. The van der Waals surface area contributed by atoms with Gasteiger partial charge < -0.3 is 23.8 Å². The number of amides is 2. The van der Waals surface area contributed by atoms with E-state index in [-0.39, 0.29) is 61.9 Å². The van der Waals surface area contributed by atoms with Crippen molar-refractivity contribution in [3.8, 4) is 5.88 Å². The quantitative estimate of drug-likeness (QED) is 0.551.